The van der Waals surface area contributed by atoms with Gasteiger partial charge in [-0.3, -0.25) is 28.9 Å². The molecule has 0 bridgehead atoms. The lowest BCUT2D eigenvalue weighted by Crippen LogP contribution is -2.65. The molecule has 17 atom stereocenters. The predicted molar refractivity (Wildman–Crippen MR) is 225 cm³/mol. The summed E-state index contributed by atoms with van der Waals surface area (Å²) < 4.78 is 59.8. The minimum atomic E-state index is -1.39. The number of nitrogens with zero attached hydrogens (tertiary/aromatic N) is 1. The molecule has 18 nitrogen and oxygen atoms in total. The first-order chi connectivity index (χ1) is 29.7. The Morgan fingerprint density at radius 1 is 0.825 bits per heavy atom. The number of esters is 4. The zero-order valence-corrected chi connectivity index (χ0v) is 39.1. The third-order valence-corrected chi connectivity index (χ3v) is 11.9. The fraction of sp³-hybridized carbons (Fsp3) is 0.778. The number of aliphatic hydroxyl groups excluding tert-OH is 1. The first-order valence-electron chi connectivity index (χ1n) is 21.7. The topological polar surface area (TPSA) is 218 Å². The molecule has 3 aliphatic heterocycles. The van der Waals surface area contributed by atoms with Crippen LogP contribution in [0.2, 0.25) is 0 Å². The van der Waals surface area contributed by atoms with Crippen molar-refractivity contribution in [3.05, 3.63) is 23.8 Å². The van der Waals surface area contributed by atoms with E-state index in [0.717, 1.165) is 0 Å². The highest BCUT2D eigenvalue weighted by atomic mass is 16.7. The van der Waals surface area contributed by atoms with Gasteiger partial charge in [0.1, 0.15) is 30.7 Å². The molecule has 0 unspecified atom stereocenters. The highest BCUT2D eigenvalue weighted by molar-refractivity contribution is 5.91. The Labute approximate surface area is 371 Å². The van der Waals surface area contributed by atoms with Gasteiger partial charge in [0.25, 0.3) is 0 Å². The van der Waals surface area contributed by atoms with Gasteiger partial charge in [0.15, 0.2) is 30.6 Å². The lowest BCUT2D eigenvalue weighted by atomic mass is 9.79. The number of ketones is 1. The number of allylic oxidation sites excluding steroid dienone is 3. The van der Waals surface area contributed by atoms with Gasteiger partial charge in [-0.2, -0.15) is 0 Å². The second-order valence-electron chi connectivity index (χ2n) is 17.1. The molecule has 0 aliphatic carbocycles. The lowest BCUT2D eigenvalue weighted by Gasteiger charge is -2.48. The lowest BCUT2D eigenvalue weighted by molar-refractivity contribution is -0.308. The Balaban J connectivity index is 2.02. The molecule has 3 rings (SSSR count). The molecule has 3 aliphatic rings. The van der Waals surface area contributed by atoms with Crippen molar-refractivity contribution in [3.63, 3.8) is 0 Å². The highest BCUT2D eigenvalue weighted by Crippen LogP contribution is 2.36. The van der Waals surface area contributed by atoms with Crippen LogP contribution < -0.4 is 0 Å². The summed E-state index contributed by atoms with van der Waals surface area (Å²) in [6.45, 7) is 14.2. The van der Waals surface area contributed by atoms with E-state index in [0.29, 0.717) is 18.3 Å². The predicted octanol–water partition coefficient (Wildman–Crippen LogP) is 3.27. The first-order valence-corrected chi connectivity index (χ1v) is 21.7. The van der Waals surface area contributed by atoms with Gasteiger partial charge in [0.2, 0.25) is 0 Å². The molecular weight excluding hydrogens is 826 g/mol. The van der Waals surface area contributed by atoms with Crippen LogP contribution in [0.3, 0.4) is 0 Å². The number of cyclic esters (lactones) is 1. The number of carbonyl (C=O) groups is 6. The molecule has 0 saturated carbocycles. The molecule has 0 radical (unpaired) electrons. The highest BCUT2D eigenvalue weighted by Gasteiger charge is 2.52. The van der Waals surface area contributed by atoms with Crippen molar-refractivity contribution in [1.82, 2.24) is 4.90 Å². The van der Waals surface area contributed by atoms with Crippen LogP contribution in [0.5, 0.6) is 0 Å². The van der Waals surface area contributed by atoms with Gasteiger partial charge in [0.05, 0.1) is 43.5 Å². The molecule has 0 aromatic carbocycles. The Hall–Kier alpha value is -3.62. The van der Waals surface area contributed by atoms with E-state index in [1.165, 1.54) is 41.1 Å². The van der Waals surface area contributed by atoms with Crippen LogP contribution in [-0.2, 0) is 76.1 Å². The fourth-order valence-electron chi connectivity index (χ4n) is 8.72. The summed E-state index contributed by atoms with van der Waals surface area (Å²) in [5, 5.41) is 11.8. The van der Waals surface area contributed by atoms with E-state index in [-0.39, 0.29) is 25.2 Å². The smallest absolute Gasteiger partial charge is 0.308 e. The van der Waals surface area contributed by atoms with Crippen molar-refractivity contribution >= 4 is 35.9 Å². The van der Waals surface area contributed by atoms with Gasteiger partial charge in [-0.15, -0.1) is 0 Å². The molecule has 3 heterocycles. The van der Waals surface area contributed by atoms with E-state index in [4.69, 9.17) is 47.4 Å². The Morgan fingerprint density at radius 2 is 1.40 bits per heavy atom. The Bertz CT molecular complexity index is 1600. The summed E-state index contributed by atoms with van der Waals surface area (Å²) in [5.74, 6) is -5.46. The third-order valence-electron chi connectivity index (χ3n) is 11.9. The SMILES string of the molecule is CC[C@H]1OC(=O)C[C@@H](O)[C@H](C)[C@@H](O[C@@H]2O[C@H](C)[C@@H](OC(C)=O)[C@H](N(C)C)[C@H]2OC(C)=O)[C@@H](CC=O)C[C@@H](C)C(=O)/C=C/C(C)=C/[C@@H]1CO[C@@H]1O[C@H](C)[C@@H](OC(C)=O)[C@@H](OC)[C@H]1OC. The van der Waals surface area contributed by atoms with Crippen molar-refractivity contribution in [2.24, 2.45) is 23.7 Å². The van der Waals surface area contributed by atoms with Crippen LogP contribution in [0.25, 0.3) is 0 Å². The fourth-order valence-corrected chi connectivity index (χ4v) is 8.72. The monoisotopic (exact) mass is 897 g/mol. The van der Waals surface area contributed by atoms with E-state index in [9.17, 15) is 33.9 Å². The normalized spacial score (nSPS) is 38.7. The Morgan fingerprint density at radius 3 is 1.95 bits per heavy atom. The number of rotatable bonds is 14. The molecule has 358 valence electrons. The van der Waals surface area contributed by atoms with Crippen LogP contribution in [-0.4, -0.2) is 161 Å². The van der Waals surface area contributed by atoms with E-state index in [1.807, 2.05) is 13.0 Å². The minimum absolute atomic E-state index is 0.0367. The number of ether oxygens (including phenoxy) is 10. The second-order valence-corrected chi connectivity index (χ2v) is 17.1. The van der Waals surface area contributed by atoms with Crippen molar-refractivity contribution in [1.29, 1.82) is 0 Å². The second kappa shape index (κ2) is 25.2. The van der Waals surface area contributed by atoms with E-state index in [1.54, 1.807) is 59.7 Å². The van der Waals surface area contributed by atoms with Gasteiger partial charge < -0.3 is 57.3 Å². The maximum Gasteiger partial charge on any atom is 0.308 e. The summed E-state index contributed by atoms with van der Waals surface area (Å²) in [5.41, 5.74) is 0.665. The summed E-state index contributed by atoms with van der Waals surface area (Å²) >= 11 is 0. The van der Waals surface area contributed by atoms with Crippen molar-refractivity contribution in [2.75, 3.05) is 34.9 Å². The van der Waals surface area contributed by atoms with Crippen LogP contribution in [0, 0.1) is 23.7 Å². The quantitative estimate of drug-likeness (QED) is 0.150. The number of hydrogen-bond acceptors (Lipinski definition) is 18. The molecule has 0 aromatic heterocycles. The van der Waals surface area contributed by atoms with Crippen LogP contribution in [0.15, 0.2) is 23.8 Å². The number of carbonyl (C=O) groups excluding carboxylic acids is 6. The average Bonchev–Trinajstić information content (AvgIpc) is 3.20. The minimum Gasteiger partial charge on any atom is -0.462 e. The summed E-state index contributed by atoms with van der Waals surface area (Å²) in [7, 11) is 6.38. The zero-order valence-electron chi connectivity index (χ0n) is 39.1. The molecule has 2 saturated heterocycles. The Kier molecular flexibility index (Phi) is 21.5. The van der Waals surface area contributed by atoms with Gasteiger partial charge in [-0.05, 0) is 59.7 Å². The summed E-state index contributed by atoms with van der Waals surface area (Å²) in [4.78, 5) is 78.1. The molecule has 0 spiro atoms. The molecular formula is C45H71NO17. The largest absolute Gasteiger partial charge is 0.462 e. The van der Waals surface area contributed by atoms with Crippen molar-refractivity contribution < 1.29 is 81.2 Å². The molecule has 0 amide bonds. The first kappa shape index (κ1) is 53.7. The summed E-state index contributed by atoms with van der Waals surface area (Å²) in [6, 6.07) is -0.741. The molecule has 0 aromatic rings. The van der Waals surface area contributed by atoms with Crippen molar-refractivity contribution in [2.45, 2.75) is 168 Å². The van der Waals surface area contributed by atoms with Crippen LogP contribution in [0.4, 0.5) is 0 Å². The molecule has 2 fully saturated rings. The van der Waals surface area contributed by atoms with E-state index in [2.05, 4.69) is 0 Å². The number of likely N-dealkylation sites (N-methyl/N-ethyl adjacent to an activating group) is 1. The number of aldehydes is 1. The van der Waals surface area contributed by atoms with E-state index >= 15 is 0 Å². The van der Waals surface area contributed by atoms with Gasteiger partial charge >= 0.3 is 23.9 Å². The van der Waals surface area contributed by atoms with E-state index < -0.39 is 134 Å². The number of methoxy groups -OCH3 is 2. The number of aliphatic hydroxyl groups is 1. The maximum atomic E-state index is 13.8. The zero-order chi connectivity index (χ0) is 47.3. The average molecular weight is 898 g/mol. The molecule has 18 heteroatoms. The standard InChI is InChI=1S/C45H71NO17/c1-14-35-32(22-56-44-43(55-13)42(54-12)40(27(6)57-44)60-29(8)49)19-23(2)15-16-33(51)24(3)20-31(17-18-47)38(25(4)34(52)21-36(53)62-35)63-45-41(61-30(9)50)37(46(10)11)39(26(5)58-45)59-28(7)48/h15-16,18-19,24-27,31-32,34-35,37-45,52H,14,17,20-22H2,1-13H3/b16-15+,23-19+/t24-,25+,26-,27-,31+,32-,34-,35-,37+,38-,39-,40-,41-,42-,43-,44-,45+/m1/s1. The number of hydrogen-bond donors (Lipinski definition) is 1. The van der Waals surface area contributed by atoms with Gasteiger partial charge in [0, 0.05) is 59.2 Å². The maximum absolute atomic E-state index is 13.8. The molecule has 63 heavy (non-hydrogen) atoms. The van der Waals surface area contributed by atoms with Crippen molar-refractivity contribution in [3.8, 4) is 0 Å². The van der Waals surface area contributed by atoms with Gasteiger partial charge in [-0.1, -0.05) is 38.5 Å². The molecule has 1 N–H and O–H groups in total. The third kappa shape index (κ3) is 15.0. The van der Waals surface area contributed by atoms with Crippen LogP contribution >= 0.6 is 0 Å². The van der Waals surface area contributed by atoms with Crippen LogP contribution in [0.1, 0.15) is 88.0 Å². The van der Waals surface area contributed by atoms with Gasteiger partial charge in [-0.25, -0.2) is 0 Å². The summed E-state index contributed by atoms with van der Waals surface area (Å²) in [6.07, 6.45) is -5.61.